The topological polar surface area (TPSA) is 92.7 Å². The Morgan fingerprint density at radius 1 is 1.33 bits per heavy atom. The molecular formula is C11H15NO5S. The minimum absolute atomic E-state index is 0.0630. The van der Waals surface area contributed by atoms with Gasteiger partial charge >= 0.3 is 5.97 Å². The van der Waals surface area contributed by atoms with Crippen LogP contribution in [0.1, 0.15) is 16.8 Å². The molecule has 1 aromatic carbocycles. The third-order valence-corrected chi connectivity index (χ3v) is 3.69. The zero-order valence-corrected chi connectivity index (χ0v) is 10.7. The van der Waals surface area contributed by atoms with Gasteiger partial charge < -0.3 is 9.84 Å². The molecule has 0 amide bonds. The van der Waals surface area contributed by atoms with Gasteiger partial charge in [-0.25, -0.2) is 17.9 Å². The Bertz CT molecular complexity index is 495. The van der Waals surface area contributed by atoms with Gasteiger partial charge in [0.25, 0.3) is 0 Å². The molecule has 18 heavy (non-hydrogen) atoms. The fraction of sp³-hybridized carbons (Fsp3) is 0.364. The maximum absolute atomic E-state index is 11.7. The lowest BCUT2D eigenvalue weighted by atomic mass is 10.2. The largest absolute Gasteiger partial charge is 0.465 e. The Balaban J connectivity index is 2.81. The number of benzene rings is 1. The van der Waals surface area contributed by atoms with Crippen LogP contribution >= 0.6 is 0 Å². The first kappa shape index (κ1) is 14.6. The summed E-state index contributed by atoms with van der Waals surface area (Å²) in [5.41, 5.74) is 0.284. The van der Waals surface area contributed by atoms with E-state index in [1.807, 2.05) is 0 Å². The van der Waals surface area contributed by atoms with E-state index in [9.17, 15) is 13.2 Å². The van der Waals surface area contributed by atoms with Crippen molar-refractivity contribution in [3.63, 3.8) is 0 Å². The highest BCUT2D eigenvalue weighted by Crippen LogP contribution is 2.11. The number of ether oxygens (including phenoxy) is 1. The van der Waals surface area contributed by atoms with Gasteiger partial charge in [-0.1, -0.05) is 0 Å². The van der Waals surface area contributed by atoms with Gasteiger partial charge in [0.2, 0.25) is 10.0 Å². The summed E-state index contributed by atoms with van der Waals surface area (Å²) in [6, 6.07) is 5.42. The molecule has 1 aromatic rings. The highest BCUT2D eigenvalue weighted by Gasteiger charge is 2.14. The van der Waals surface area contributed by atoms with Gasteiger partial charge in [-0.2, -0.15) is 0 Å². The van der Waals surface area contributed by atoms with E-state index in [0.717, 1.165) is 0 Å². The van der Waals surface area contributed by atoms with Crippen molar-refractivity contribution in [2.75, 3.05) is 20.3 Å². The van der Waals surface area contributed by atoms with Gasteiger partial charge in [-0.3, -0.25) is 0 Å². The van der Waals surface area contributed by atoms with Crippen molar-refractivity contribution in [3.05, 3.63) is 29.8 Å². The molecule has 0 saturated carbocycles. The van der Waals surface area contributed by atoms with Gasteiger partial charge in [0, 0.05) is 13.2 Å². The Labute approximate surface area is 106 Å². The Morgan fingerprint density at radius 3 is 2.44 bits per heavy atom. The molecule has 100 valence electrons. The number of carbonyl (C=O) groups is 1. The first-order valence-electron chi connectivity index (χ1n) is 5.30. The van der Waals surface area contributed by atoms with E-state index in [1.54, 1.807) is 0 Å². The molecule has 0 radical (unpaired) electrons. The van der Waals surface area contributed by atoms with Crippen molar-refractivity contribution in [2.45, 2.75) is 11.3 Å². The summed E-state index contributed by atoms with van der Waals surface area (Å²) in [5, 5.41) is 8.57. The summed E-state index contributed by atoms with van der Waals surface area (Å²) in [7, 11) is -2.34. The minimum atomic E-state index is -3.59. The summed E-state index contributed by atoms with van der Waals surface area (Å²) < 4.78 is 30.3. The maximum Gasteiger partial charge on any atom is 0.337 e. The number of hydrogen-bond acceptors (Lipinski definition) is 5. The summed E-state index contributed by atoms with van der Waals surface area (Å²) in [4.78, 5) is 11.2. The van der Waals surface area contributed by atoms with Crippen LogP contribution in [0.4, 0.5) is 0 Å². The molecule has 0 aliphatic rings. The highest BCUT2D eigenvalue weighted by atomic mass is 32.2. The monoisotopic (exact) mass is 273 g/mol. The van der Waals surface area contributed by atoms with Crippen LogP contribution in [0.3, 0.4) is 0 Å². The third kappa shape index (κ3) is 3.80. The van der Waals surface area contributed by atoms with E-state index < -0.39 is 16.0 Å². The molecule has 1 rings (SSSR count). The lowest BCUT2D eigenvalue weighted by molar-refractivity contribution is 0.0600. The van der Waals surface area contributed by atoms with Crippen LogP contribution in [0.5, 0.6) is 0 Å². The van der Waals surface area contributed by atoms with Crippen molar-refractivity contribution in [1.29, 1.82) is 0 Å². The number of methoxy groups -OCH3 is 1. The van der Waals surface area contributed by atoms with Crippen LogP contribution in [0.2, 0.25) is 0 Å². The first-order chi connectivity index (χ1) is 8.51. The van der Waals surface area contributed by atoms with Gasteiger partial charge in [-0.05, 0) is 30.7 Å². The van der Waals surface area contributed by atoms with Crippen molar-refractivity contribution in [3.8, 4) is 0 Å². The average molecular weight is 273 g/mol. The molecule has 0 bridgehead atoms. The molecule has 0 aliphatic heterocycles. The van der Waals surface area contributed by atoms with E-state index >= 15 is 0 Å². The van der Waals surface area contributed by atoms with Crippen LogP contribution in [-0.4, -0.2) is 39.8 Å². The second-order valence-corrected chi connectivity index (χ2v) is 5.26. The van der Waals surface area contributed by atoms with E-state index in [1.165, 1.54) is 31.4 Å². The molecular weight excluding hydrogens is 258 g/mol. The molecule has 2 N–H and O–H groups in total. The number of esters is 1. The van der Waals surface area contributed by atoms with Crippen LogP contribution in [0, 0.1) is 0 Å². The predicted octanol–water partition coefficient (Wildman–Crippen LogP) is 0.134. The number of carbonyl (C=O) groups excluding carboxylic acids is 1. The smallest absolute Gasteiger partial charge is 0.337 e. The number of rotatable bonds is 6. The number of hydrogen-bond donors (Lipinski definition) is 2. The molecule has 0 aliphatic carbocycles. The highest BCUT2D eigenvalue weighted by molar-refractivity contribution is 7.89. The van der Waals surface area contributed by atoms with Gasteiger partial charge in [0.05, 0.1) is 17.6 Å². The van der Waals surface area contributed by atoms with Gasteiger partial charge in [0.15, 0.2) is 0 Å². The maximum atomic E-state index is 11.7. The summed E-state index contributed by atoms with van der Waals surface area (Å²) >= 11 is 0. The second-order valence-electron chi connectivity index (χ2n) is 3.49. The second kappa shape index (κ2) is 6.48. The molecule has 0 atom stereocenters. The normalized spacial score (nSPS) is 11.2. The lowest BCUT2D eigenvalue weighted by Crippen LogP contribution is -2.25. The summed E-state index contributed by atoms with van der Waals surface area (Å²) in [6.07, 6.45) is 0.347. The van der Waals surface area contributed by atoms with Crippen LogP contribution < -0.4 is 4.72 Å². The SMILES string of the molecule is COC(=O)c1ccc(S(=O)(=O)NCCCO)cc1. The molecule has 0 fully saturated rings. The minimum Gasteiger partial charge on any atom is -0.465 e. The van der Waals surface area contributed by atoms with Crippen LogP contribution in [-0.2, 0) is 14.8 Å². The van der Waals surface area contributed by atoms with Crippen molar-refractivity contribution in [2.24, 2.45) is 0 Å². The first-order valence-corrected chi connectivity index (χ1v) is 6.78. The van der Waals surface area contributed by atoms with E-state index in [2.05, 4.69) is 9.46 Å². The van der Waals surface area contributed by atoms with E-state index in [0.29, 0.717) is 6.42 Å². The molecule has 0 unspecified atom stereocenters. The number of aliphatic hydroxyl groups excluding tert-OH is 1. The Morgan fingerprint density at radius 2 is 1.94 bits per heavy atom. The quantitative estimate of drug-likeness (QED) is 0.568. The van der Waals surface area contributed by atoms with E-state index in [-0.39, 0.29) is 23.6 Å². The number of nitrogens with one attached hydrogen (secondary N) is 1. The molecule has 6 nitrogen and oxygen atoms in total. The fourth-order valence-electron chi connectivity index (χ4n) is 1.26. The molecule has 0 aromatic heterocycles. The van der Waals surface area contributed by atoms with Gasteiger partial charge in [0.1, 0.15) is 0 Å². The standard InChI is InChI=1S/C11H15NO5S/c1-17-11(14)9-3-5-10(6-4-9)18(15,16)12-7-2-8-13/h3-6,12-13H,2,7-8H2,1H3. The van der Waals surface area contributed by atoms with Crippen molar-refractivity contribution >= 4 is 16.0 Å². The lowest BCUT2D eigenvalue weighted by Gasteiger charge is -2.06. The molecule has 7 heteroatoms. The number of aliphatic hydroxyl groups is 1. The average Bonchev–Trinajstić information content (AvgIpc) is 2.38. The van der Waals surface area contributed by atoms with Crippen LogP contribution in [0.25, 0.3) is 0 Å². The number of sulfonamides is 1. The third-order valence-electron chi connectivity index (χ3n) is 2.21. The van der Waals surface area contributed by atoms with E-state index in [4.69, 9.17) is 5.11 Å². The van der Waals surface area contributed by atoms with Crippen molar-refractivity contribution < 1.29 is 23.1 Å². The fourth-order valence-corrected chi connectivity index (χ4v) is 2.33. The Hall–Kier alpha value is -1.44. The summed E-state index contributed by atoms with van der Waals surface area (Å²) in [5.74, 6) is -0.521. The predicted molar refractivity (Wildman–Crippen MR) is 64.7 cm³/mol. The van der Waals surface area contributed by atoms with Crippen LogP contribution in [0.15, 0.2) is 29.2 Å². The Kier molecular flexibility index (Phi) is 5.26. The summed E-state index contributed by atoms with van der Waals surface area (Å²) in [6.45, 7) is 0.0847. The molecule has 0 saturated heterocycles. The van der Waals surface area contributed by atoms with Gasteiger partial charge in [-0.15, -0.1) is 0 Å². The zero-order chi connectivity index (χ0) is 13.6. The zero-order valence-electron chi connectivity index (χ0n) is 9.92. The van der Waals surface area contributed by atoms with Crippen molar-refractivity contribution in [1.82, 2.24) is 4.72 Å². The molecule has 0 spiro atoms. The molecule has 0 heterocycles.